The number of urea groups is 1. The average Bonchev–Trinajstić information content (AvgIpc) is 3.28. The number of likely N-dealkylation sites (tertiary alicyclic amines) is 3. The van der Waals surface area contributed by atoms with Gasteiger partial charge in [-0.2, -0.15) is 0 Å². The topological polar surface area (TPSA) is 131 Å². The van der Waals surface area contributed by atoms with Gasteiger partial charge in [-0.15, -0.1) is 0 Å². The fourth-order valence-corrected chi connectivity index (χ4v) is 9.27. The van der Waals surface area contributed by atoms with E-state index in [1.807, 2.05) is 29.2 Å². The molecule has 4 aliphatic heterocycles. The second kappa shape index (κ2) is 16.1. The molecule has 2 aromatic carbocycles. The zero-order chi connectivity index (χ0) is 35.4. The van der Waals surface area contributed by atoms with Crippen molar-refractivity contribution >= 4 is 66.9 Å². The SMILES string of the molecule is C[C@](CC(=O)c1cc(Br)c(N)c(Br)c1)(NC(=O)CN1CCC(N2CCCCC2)CC1)C(=O)N1CCC(N2CCc3ccccc3NC2=O)CC1. The molecule has 13 heteroatoms. The van der Waals surface area contributed by atoms with E-state index in [9.17, 15) is 19.2 Å². The molecule has 0 radical (unpaired) electrons. The lowest BCUT2D eigenvalue weighted by molar-refractivity contribution is -0.142. The van der Waals surface area contributed by atoms with Gasteiger partial charge in [0.25, 0.3) is 0 Å². The Morgan fingerprint density at radius 2 is 1.54 bits per heavy atom. The molecular weight excluding hydrogens is 766 g/mol. The molecule has 1 atom stereocenters. The summed E-state index contributed by atoms with van der Waals surface area (Å²) >= 11 is 6.85. The monoisotopic (exact) mass is 813 g/mol. The highest BCUT2D eigenvalue weighted by Crippen LogP contribution is 2.32. The molecule has 3 saturated heterocycles. The van der Waals surface area contributed by atoms with Crippen LogP contribution in [0.1, 0.15) is 74.2 Å². The van der Waals surface area contributed by atoms with Gasteiger partial charge in [0.05, 0.1) is 12.2 Å². The number of anilines is 2. The smallest absolute Gasteiger partial charge is 0.322 e. The Hall–Kier alpha value is -3.00. The van der Waals surface area contributed by atoms with E-state index in [2.05, 4.69) is 52.3 Å². The number of halogens is 2. The molecule has 0 aromatic heterocycles. The lowest BCUT2D eigenvalue weighted by Gasteiger charge is -2.42. The van der Waals surface area contributed by atoms with E-state index in [1.54, 1.807) is 24.0 Å². The number of nitrogens with one attached hydrogen (secondary N) is 2. The molecule has 4 aliphatic rings. The van der Waals surface area contributed by atoms with Crippen LogP contribution in [0.2, 0.25) is 0 Å². The highest BCUT2D eigenvalue weighted by molar-refractivity contribution is 9.11. The number of nitrogens with zero attached hydrogens (tertiary/aromatic N) is 4. The number of benzene rings is 2. The number of rotatable bonds is 9. The Morgan fingerprint density at radius 1 is 0.900 bits per heavy atom. The Balaban J connectivity index is 1.11. The second-order valence-corrected chi connectivity index (χ2v) is 16.2. The van der Waals surface area contributed by atoms with Gasteiger partial charge in [-0.05, 0) is 121 Å². The first-order valence-corrected chi connectivity index (χ1v) is 19.6. The number of carbonyl (C=O) groups excluding carboxylic acids is 4. The number of nitrogens with two attached hydrogens (primary N) is 1. The molecule has 3 fully saturated rings. The summed E-state index contributed by atoms with van der Waals surface area (Å²) in [5.41, 5.74) is 7.43. The number of nitrogen functional groups attached to an aromatic ring is 1. The normalized spacial score (nSPS) is 21.1. The minimum absolute atomic E-state index is 0.0202. The number of para-hydroxylation sites is 1. The first kappa shape index (κ1) is 36.8. The van der Waals surface area contributed by atoms with Crippen LogP contribution < -0.4 is 16.4 Å². The molecule has 0 bridgehead atoms. The molecule has 270 valence electrons. The summed E-state index contributed by atoms with van der Waals surface area (Å²) < 4.78 is 1.14. The zero-order valence-electron chi connectivity index (χ0n) is 28.9. The molecule has 0 spiro atoms. The van der Waals surface area contributed by atoms with Crippen molar-refractivity contribution in [2.75, 3.05) is 63.4 Å². The van der Waals surface area contributed by atoms with Gasteiger partial charge in [0.1, 0.15) is 5.54 Å². The minimum atomic E-state index is -1.46. The van der Waals surface area contributed by atoms with Crippen LogP contribution in [0, 0.1) is 0 Å². The van der Waals surface area contributed by atoms with Crippen molar-refractivity contribution in [3.63, 3.8) is 0 Å². The summed E-state index contributed by atoms with van der Waals surface area (Å²) in [6.07, 6.45) is 7.66. The number of amides is 4. The summed E-state index contributed by atoms with van der Waals surface area (Å²) in [6.45, 7) is 7.27. The first-order valence-electron chi connectivity index (χ1n) is 18.0. The Bertz CT molecular complexity index is 1560. The maximum Gasteiger partial charge on any atom is 0.322 e. The molecule has 4 amide bonds. The number of ketones is 1. The number of hydrogen-bond acceptors (Lipinski definition) is 7. The van der Waals surface area contributed by atoms with Gasteiger partial charge in [-0.3, -0.25) is 19.3 Å². The molecule has 0 saturated carbocycles. The van der Waals surface area contributed by atoms with Crippen molar-refractivity contribution in [1.82, 2.24) is 24.9 Å². The van der Waals surface area contributed by atoms with E-state index in [1.165, 1.54) is 19.3 Å². The lowest BCUT2D eigenvalue weighted by atomic mass is 9.89. The molecule has 0 unspecified atom stereocenters. The molecule has 4 N–H and O–H groups in total. The Labute approximate surface area is 311 Å². The maximum absolute atomic E-state index is 14.4. The van der Waals surface area contributed by atoms with Crippen LogP contribution in [0.25, 0.3) is 0 Å². The summed E-state index contributed by atoms with van der Waals surface area (Å²) in [4.78, 5) is 63.4. The molecular formula is C37H49Br2N7O4. The van der Waals surface area contributed by atoms with Crippen molar-refractivity contribution in [2.24, 2.45) is 0 Å². The largest absolute Gasteiger partial charge is 0.397 e. The minimum Gasteiger partial charge on any atom is -0.397 e. The van der Waals surface area contributed by atoms with Crippen LogP contribution in [0.4, 0.5) is 16.2 Å². The number of carbonyl (C=O) groups is 4. The van der Waals surface area contributed by atoms with Crippen molar-refractivity contribution in [1.29, 1.82) is 0 Å². The number of fused-ring (bicyclic) bond motifs is 1. The highest BCUT2D eigenvalue weighted by Gasteiger charge is 2.42. The first-order chi connectivity index (χ1) is 24.0. The van der Waals surface area contributed by atoms with E-state index in [-0.39, 0.29) is 42.6 Å². The van der Waals surface area contributed by atoms with Crippen LogP contribution in [0.3, 0.4) is 0 Å². The van der Waals surface area contributed by atoms with Crippen LogP contribution in [0.5, 0.6) is 0 Å². The number of piperidine rings is 3. The average molecular weight is 816 g/mol. The van der Waals surface area contributed by atoms with Crippen LogP contribution in [-0.2, 0) is 16.0 Å². The quantitative estimate of drug-likeness (QED) is 0.232. The molecule has 50 heavy (non-hydrogen) atoms. The standard InChI is InChI=1S/C37H49Br2N7O4/c1-37(23-32(47)26-21-29(38)34(40)30(39)22-26,42-33(48)24-43-16-10-27(11-17-43)44-14-5-2-6-15-44)35(49)45-18-12-28(13-19-45)46-20-9-25-7-3-4-8-31(25)41-36(46)50/h3-4,7-8,21-22,27-28H,2,5-6,9-20,23-24,40H2,1H3,(H,41,50)(H,42,48)/t37-/m1/s1. The summed E-state index contributed by atoms with van der Waals surface area (Å²) in [7, 11) is 0. The fraction of sp³-hybridized carbons (Fsp3) is 0.568. The van der Waals surface area contributed by atoms with Gasteiger partial charge < -0.3 is 31.1 Å². The van der Waals surface area contributed by atoms with Crippen molar-refractivity contribution in [3.8, 4) is 0 Å². The van der Waals surface area contributed by atoms with Gasteiger partial charge in [0.2, 0.25) is 11.8 Å². The van der Waals surface area contributed by atoms with Crippen LogP contribution in [-0.4, -0.2) is 113 Å². The summed E-state index contributed by atoms with van der Waals surface area (Å²) in [5.74, 6) is -0.830. The summed E-state index contributed by atoms with van der Waals surface area (Å²) in [5, 5.41) is 6.08. The van der Waals surface area contributed by atoms with Crippen LogP contribution >= 0.6 is 31.9 Å². The van der Waals surface area contributed by atoms with E-state index in [0.717, 1.165) is 56.7 Å². The van der Waals surface area contributed by atoms with E-state index in [0.29, 0.717) is 58.7 Å². The van der Waals surface area contributed by atoms with Gasteiger partial charge in [0.15, 0.2) is 5.78 Å². The van der Waals surface area contributed by atoms with Crippen molar-refractivity contribution in [2.45, 2.75) is 82.3 Å². The molecule has 0 aliphatic carbocycles. The third-order valence-corrected chi connectivity index (χ3v) is 12.3. The fourth-order valence-electron chi connectivity index (χ4n) is 8.09. The molecule has 6 rings (SSSR count). The van der Waals surface area contributed by atoms with E-state index >= 15 is 0 Å². The van der Waals surface area contributed by atoms with Crippen molar-refractivity contribution < 1.29 is 19.2 Å². The highest BCUT2D eigenvalue weighted by atomic mass is 79.9. The van der Waals surface area contributed by atoms with E-state index in [4.69, 9.17) is 5.73 Å². The second-order valence-electron chi connectivity index (χ2n) is 14.5. The van der Waals surface area contributed by atoms with Gasteiger partial charge in [0, 0.05) is 71.4 Å². The van der Waals surface area contributed by atoms with Gasteiger partial charge in [-0.25, -0.2) is 4.79 Å². The molecule has 4 heterocycles. The third kappa shape index (κ3) is 8.54. The predicted molar refractivity (Wildman–Crippen MR) is 202 cm³/mol. The van der Waals surface area contributed by atoms with E-state index < -0.39 is 5.54 Å². The van der Waals surface area contributed by atoms with Crippen LogP contribution in [0.15, 0.2) is 45.3 Å². The third-order valence-electron chi connectivity index (χ3n) is 11.0. The van der Waals surface area contributed by atoms with Crippen molar-refractivity contribution in [3.05, 3.63) is 56.5 Å². The zero-order valence-corrected chi connectivity index (χ0v) is 32.1. The lowest BCUT2D eigenvalue weighted by Crippen LogP contribution is -2.62. The predicted octanol–water partition coefficient (Wildman–Crippen LogP) is 5.27. The van der Waals surface area contributed by atoms with Gasteiger partial charge in [-0.1, -0.05) is 24.6 Å². The Kier molecular flexibility index (Phi) is 11.9. The molecule has 2 aromatic rings. The number of hydrogen-bond donors (Lipinski definition) is 3. The molecule has 11 nitrogen and oxygen atoms in total. The number of Topliss-reactive ketones (excluding diaryl/α,β-unsaturated/α-hetero) is 1. The van der Waals surface area contributed by atoms with Gasteiger partial charge >= 0.3 is 6.03 Å². The Morgan fingerprint density at radius 3 is 2.22 bits per heavy atom. The summed E-state index contributed by atoms with van der Waals surface area (Å²) in [6, 6.07) is 11.6. The maximum atomic E-state index is 14.4.